The summed E-state index contributed by atoms with van der Waals surface area (Å²) in [6.07, 6.45) is 0.505. The highest BCUT2D eigenvalue weighted by atomic mass is 79.9. The van der Waals surface area contributed by atoms with Crippen molar-refractivity contribution in [3.63, 3.8) is 0 Å². The van der Waals surface area contributed by atoms with E-state index in [2.05, 4.69) is 20.7 Å². The number of hydrogen-bond donors (Lipinski definition) is 2. The molecule has 0 saturated carbocycles. The molecule has 0 unspecified atom stereocenters. The lowest BCUT2D eigenvalue weighted by atomic mass is 10.2. The van der Waals surface area contributed by atoms with Gasteiger partial charge in [-0.2, -0.15) is 0 Å². The number of sulfonamides is 1. The molecule has 0 aliphatic rings. The first-order valence-electron chi connectivity index (χ1n) is 5.83. The van der Waals surface area contributed by atoms with E-state index in [-0.39, 0.29) is 17.3 Å². The van der Waals surface area contributed by atoms with Crippen molar-refractivity contribution in [3.8, 4) is 5.75 Å². The van der Waals surface area contributed by atoms with Crippen molar-refractivity contribution in [1.29, 1.82) is 0 Å². The molecule has 0 aromatic heterocycles. The summed E-state index contributed by atoms with van der Waals surface area (Å²) in [6.45, 7) is 3.40. The van der Waals surface area contributed by atoms with Gasteiger partial charge in [-0.1, -0.05) is 22.9 Å². The fourth-order valence-corrected chi connectivity index (χ4v) is 3.52. The first kappa shape index (κ1) is 16.4. The molecule has 0 amide bonds. The standard InChI is InChI=1S/C12H18BrNO4S/c1-4-9(7-15)14-19(16,17)12-6-10(13)8(2)5-11(12)18-3/h5-6,9,14-15H,4,7H2,1-3H3/t9-/m1/s1. The van der Waals surface area contributed by atoms with Crippen LogP contribution in [0.1, 0.15) is 18.9 Å². The monoisotopic (exact) mass is 351 g/mol. The van der Waals surface area contributed by atoms with Crippen LogP contribution < -0.4 is 9.46 Å². The van der Waals surface area contributed by atoms with Gasteiger partial charge in [-0.25, -0.2) is 13.1 Å². The predicted octanol–water partition coefficient (Wildman–Crippen LogP) is 1.82. The van der Waals surface area contributed by atoms with E-state index in [1.807, 2.05) is 6.92 Å². The zero-order valence-electron chi connectivity index (χ0n) is 11.1. The normalized spacial score (nSPS) is 13.3. The molecule has 19 heavy (non-hydrogen) atoms. The molecule has 0 saturated heterocycles. The van der Waals surface area contributed by atoms with Crippen LogP contribution in [0.4, 0.5) is 0 Å². The van der Waals surface area contributed by atoms with Crippen molar-refractivity contribution < 1.29 is 18.3 Å². The van der Waals surface area contributed by atoms with Gasteiger partial charge in [0.05, 0.1) is 13.7 Å². The van der Waals surface area contributed by atoms with Crippen molar-refractivity contribution in [2.75, 3.05) is 13.7 Å². The molecule has 0 spiro atoms. The molecule has 0 heterocycles. The molecule has 1 rings (SSSR count). The Bertz CT molecular complexity index is 541. The highest BCUT2D eigenvalue weighted by Gasteiger charge is 2.23. The Morgan fingerprint density at radius 3 is 2.58 bits per heavy atom. The minimum Gasteiger partial charge on any atom is -0.495 e. The van der Waals surface area contributed by atoms with Crippen LogP contribution in [0.2, 0.25) is 0 Å². The van der Waals surface area contributed by atoms with Crippen molar-refractivity contribution in [3.05, 3.63) is 22.2 Å². The van der Waals surface area contributed by atoms with Crippen LogP contribution in [0.15, 0.2) is 21.5 Å². The van der Waals surface area contributed by atoms with E-state index in [0.717, 1.165) is 5.56 Å². The fraction of sp³-hybridized carbons (Fsp3) is 0.500. The number of nitrogens with one attached hydrogen (secondary N) is 1. The van der Waals surface area contributed by atoms with Crippen LogP contribution >= 0.6 is 15.9 Å². The number of benzene rings is 1. The molecule has 5 nitrogen and oxygen atoms in total. The topological polar surface area (TPSA) is 75.6 Å². The van der Waals surface area contributed by atoms with Gasteiger partial charge in [0.15, 0.2) is 0 Å². The van der Waals surface area contributed by atoms with Gasteiger partial charge in [-0.3, -0.25) is 0 Å². The third-order valence-corrected chi connectivity index (χ3v) is 5.17. The first-order valence-corrected chi connectivity index (χ1v) is 8.10. The quantitative estimate of drug-likeness (QED) is 0.819. The Kier molecular flexibility index (Phi) is 5.79. The molecule has 1 atom stereocenters. The largest absolute Gasteiger partial charge is 0.495 e. The Hall–Kier alpha value is -0.630. The summed E-state index contributed by atoms with van der Waals surface area (Å²) in [6, 6.07) is 2.65. The van der Waals surface area contributed by atoms with Gasteiger partial charge < -0.3 is 9.84 Å². The summed E-state index contributed by atoms with van der Waals surface area (Å²) in [7, 11) is -2.31. The molecule has 1 aromatic rings. The number of aliphatic hydroxyl groups is 1. The maximum absolute atomic E-state index is 12.3. The van der Waals surface area contributed by atoms with E-state index < -0.39 is 16.1 Å². The second-order valence-corrected chi connectivity index (χ2v) is 6.70. The Morgan fingerprint density at radius 2 is 2.11 bits per heavy atom. The number of aliphatic hydroxyl groups excluding tert-OH is 1. The first-order chi connectivity index (χ1) is 8.85. The highest BCUT2D eigenvalue weighted by molar-refractivity contribution is 9.10. The van der Waals surface area contributed by atoms with Gasteiger partial charge in [-0.15, -0.1) is 0 Å². The van der Waals surface area contributed by atoms with Gasteiger partial charge in [0.25, 0.3) is 0 Å². The summed E-state index contributed by atoms with van der Waals surface area (Å²) in [5.74, 6) is 0.279. The third kappa shape index (κ3) is 3.92. The van der Waals surface area contributed by atoms with Gasteiger partial charge in [0.1, 0.15) is 10.6 Å². The summed E-state index contributed by atoms with van der Waals surface area (Å²) in [5, 5.41) is 9.09. The number of aryl methyl sites for hydroxylation is 1. The minimum atomic E-state index is -3.73. The van der Waals surface area contributed by atoms with Crippen molar-refractivity contribution in [2.45, 2.75) is 31.2 Å². The molecule has 0 aliphatic carbocycles. The molecule has 0 aliphatic heterocycles. The lowest BCUT2D eigenvalue weighted by Crippen LogP contribution is -2.37. The van der Waals surface area contributed by atoms with Crippen LogP contribution in [0.5, 0.6) is 5.75 Å². The zero-order valence-corrected chi connectivity index (χ0v) is 13.5. The number of hydrogen-bond acceptors (Lipinski definition) is 4. The second-order valence-electron chi connectivity index (χ2n) is 4.16. The summed E-state index contributed by atoms with van der Waals surface area (Å²) < 4.78 is 32.8. The summed E-state index contributed by atoms with van der Waals surface area (Å²) in [5.41, 5.74) is 0.880. The van der Waals surface area contributed by atoms with E-state index in [9.17, 15) is 8.42 Å². The lowest BCUT2D eigenvalue weighted by Gasteiger charge is -2.17. The van der Waals surface area contributed by atoms with E-state index in [0.29, 0.717) is 10.9 Å². The van der Waals surface area contributed by atoms with Gasteiger partial charge >= 0.3 is 0 Å². The Morgan fingerprint density at radius 1 is 1.47 bits per heavy atom. The average molecular weight is 352 g/mol. The number of ether oxygens (including phenoxy) is 1. The minimum absolute atomic E-state index is 0.0550. The SMILES string of the molecule is CC[C@H](CO)NS(=O)(=O)c1cc(Br)c(C)cc1OC. The predicted molar refractivity (Wildman–Crippen MR) is 76.9 cm³/mol. The summed E-state index contributed by atoms with van der Waals surface area (Å²) >= 11 is 3.31. The van der Waals surface area contributed by atoms with E-state index in [1.165, 1.54) is 13.2 Å². The number of methoxy groups -OCH3 is 1. The lowest BCUT2D eigenvalue weighted by molar-refractivity contribution is 0.253. The molecule has 7 heteroatoms. The van der Waals surface area contributed by atoms with Crippen LogP contribution in [-0.4, -0.2) is 33.3 Å². The zero-order chi connectivity index (χ0) is 14.6. The van der Waals surface area contributed by atoms with Crippen molar-refractivity contribution in [1.82, 2.24) is 4.72 Å². The third-order valence-electron chi connectivity index (χ3n) is 2.77. The van der Waals surface area contributed by atoms with Crippen LogP contribution in [0.3, 0.4) is 0 Å². The molecule has 0 fully saturated rings. The van der Waals surface area contributed by atoms with Crippen molar-refractivity contribution >= 4 is 26.0 Å². The van der Waals surface area contributed by atoms with Gasteiger partial charge in [0.2, 0.25) is 10.0 Å². The van der Waals surface area contributed by atoms with Gasteiger partial charge in [-0.05, 0) is 31.0 Å². The van der Waals surface area contributed by atoms with Crippen LogP contribution in [-0.2, 0) is 10.0 Å². The van der Waals surface area contributed by atoms with Crippen LogP contribution in [0, 0.1) is 6.92 Å². The molecular weight excluding hydrogens is 334 g/mol. The molecule has 0 radical (unpaired) electrons. The fourth-order valence-electron chi connectivity index (χ4n) is 1.54. The second kappa shape index (κ2) is 6.69. The van der Waals surface area contributed by atoms with E-state index in [4.69, 9.17) is 9.84 Å². The van der Waals surface area contributed by atoms with Crippen molar-refractivity contribution in [2.24, 2.45) is 0 Å². The molecule has 0 bridgehead atoms. The maximum Gasteiger partial charge on any atom is 0.244 e. The molecule has 108 valence electrons. The Labute approximate surface area is 122 Å². The van der Waals surface area contributed by atoms with E-state index >= 15 is 0 Å². The Balaban J connectivity index is 3.24. The average Bonchev–Trinajstić information content (AvgIpc) is 2.38. The number of rotatable bonds is 6. The molecule has 2 N–H and O–H groups in total. The molecule has 1 aromatic carbocycles. The van der Waals surface area contributed by atoms with Crippen LogP contribution in [0.25, 0.3) is 0 Å². The molecular formula is C12H18BrNO4S. The highest BCUT2D eigenvalue weighted by Crippen LogP contribution is 2.30. The summed E-state index contributed by atoms with van der Waals surface area (Å²) in [4.78, 5) is 0.0550. The van der Waals surface area contributed by atoms with Gasteiger partial charge in [0, 0.05) is 10.5 Å². The smallest absolute Gasteiger partial charge is 0.244 e. The number of halogens is 1. The maximum atomic E-state index is 12.3. The van der Waals surface area contributed by atoms with E-state index in [1.54, 1.807) is 13.0 Å².